The van der Waals surface area contributed by atoms with Crippen LogP contribution in [0.25, 0.3) is 0 Å². The van der Waals surface area contributed by atoms with E-state index in [0.29, 0.717) is 5.56 Å². The summed E-state index contributed by atoms with van der Waals surface area (Å²) >= 11 is 0. The Hall–Kier alpha value is -3.20. The molecule has 0 aliphatic rings. The second-order valence-corrected chi connectivity index (χ2v) is 6.66. The maximum Gasteiger partial charge on any atom is 0.224 e. The van der Waals surface area contributed by atoms with Crippen LogP contribution in [0.15, 0.2) is 78.9 Å². The van der Waals surface area contributed by atoms with E-state index in [0.717, 1.165) is 23.2 Å². The number of rotatable bonds is 7. The number of hydrogen-bond donors (Lipinski definition) is 1. The van der Waals surface area contributed by atoms with Gasteiger partial charge in [0.2, 0.25) is 5.91 Å². The quantitative estimate of drug-likeness (QED) is 0.592. The average molecular weight is 357 g/mol. The third-order valence-electron chi connectivity index (χ3n) is 4.48. The molecule has 3 aromatic rings. The van der Waals surface area contributed by atoms with Crippen molar-refractivity contribution in [3.8, 4) is 0 Å². The Morgan fingerprint density at radius 3 is 2.19 bits per heavy atom. The number of carbonyl (C=O) groups is 2. The lowest BCUT2D eigenvalue weighted by Gasteiger charge is -2.11. The number of hydrogen-bond acceptors (Lipinski definition) is 2. The van der Waals surface area contributed by atoms with E-state index < -0.39 is 0 Å². The van der Waals surface area contributed by atoms with E-state index in [1.54, 1.807) is 0 Å². The molecular formula is C24H23NO2. The van der Waals surface area contributed by atoms with Crippen molar-refractivity contribution in [2.45, 2.75) is 26.2 Å². The number of nitrogens with one attached hydrogen (secondary N) is 1. The molecule has 0 aliphatic carbocycles. The van der Waals surface area contributed by atoms with Crippen molar-refractivity contribution in [2.75, 3.05) is 5.32 Å². The summed E-state index contributed by atoms with van der Waals surface area (Å²) in [5, 5.41) is 2.96. The lowest BCUT2D eigenvalue weighted by Crippen LogP contribution is -2.14. The molecule has 3 rings (SSSR count). The maximum atomic E-state index is 12.3. The van der Waals surface area contributed by atoms with E-state index in [2.05, 4.69) is 17.4 Å². The van der Waals surface area contributed by atoms with E-state index in [1.807, 2.05) is 73.7 Å². The zero-order valence-electron chi connectivity index (χ0n) is 15.4. The van der Waals surface area contributed by atoms with E-state index in [4.69, 9.17) is 0 Å². The SMILES string of the molecule is Cc1ccc(C(=O)CCC(=O)Nc2ccccc2Cc2ccccc2)cc1. The highest BCUT2D eigenvalue weighted by molar-refractivity contribution is 6.00. The van der Waals surface area contributed by atoms with Crippen LogP contribution in [-0.2, 0) is 11.2 Å². The molecule has 0 saturated carbocycles. The standard InChI is InChI=1S/C24H23NO2/c1-18-11-13-20(14-12-18)23(26)15-16-24(27)25-22-10-6-5-9-21(22)17-19-7-3-2-4-8-19/h2-14H,15-17H2,1H3,(H,25,27). The van der Waals surface area contributed by atoms with Crippen LogP contribution in [0.4, 0.5) is 5.69 Å². The molecule has 0 saturated heterocycles. The second kappa shape index (κ2) is 8.95. The van der Waals surface area contributed by atoms with Crippen molar-refractivity contribution in [1.29, 1.82) is 0 Å². The van der Waals surface area contributed by atoms with Crippen molar-refractivity contribution in [1.82, 2.24) is 0 Å². The summed E-state index contributed by atoms with van der Waals surface area (Å²) in [6.45, 7) is 1.98. The molecule has 0 atom stereocenters. The van der Waals surface area contributed by atoms with Gasteiger partial charge in [0.1, 0.15) is 0 Å². The first kappa shape index (κ1) is 18.6. The first-order chi connectivity index (χ1) is 13.1. The fourth-order valence-corrected chi connectivity index (χ4v) is 2.94. The maximum absolute atomic E-state index is 12.3. The fourth-order valence-electron chi connectivity index (χ4n) is 2.94. The van der Waals surface area contributed by atoms with E-state index in [-0.39, 0.29) is 24.5 Å². The molecule has 27 heavy (non-hydrogen) atoms. The molecular weight excluding hydrogens is 334 g/mol. The van der Waals surface area contributed by atoms with Gasteiger partial charge in [-0.25, -0.2) is 0 Å². The predicted octanol–water partition coefficient (Wildman–Crippen LogP) is 5.19. The first-order valence-corrected chi connectivity index (χ1v) is 9.13. The highest BCUT2D eigenvalue weighted by atomic mass is 16.2. The van der Waals surface area contributed by atoms with Crippen molar-refractivity contribution < 1.29 is 9.59 Å². The van der Waals surface area contributed by atoms with Gasteiger partial charge in [0.25, 0.3) is 0 Å². The van der Waals surface area contributed by atoms with Crippen LogP contribution in [0.5, 0.6) is 0 Å². The Bertz CT molecular complexity index is 915. The molecule has 1 N–H and O–H groups in total. The normalized spacial score (nSPS) is 10.4. The van der Waals surface area contributed by atoms with Crippen LogP contribution in [0.1, 0.15) is 39.9 Å². The molecule has 0 fully saturated rings. The van der Waals surface area contributed by atoms with Gasteiger partial charge >= 0.3 is 0 Å². The van der Waals surface area contributed by atoms with Crippen LogP contribution < -0.4 is 5.32 Å². The Kier molecular flexibility index (Phi) is 6.16. The molecule has 1 amide bonds. The molecule has 3 nitrogen and oxygen atoms in total. The number of amides is 1. The Balaban J connectivity index is 1.59. The third-order valence-corrected chi connectivity index (χ3v) is 4.48. The molecule has 0 aromatic heterocycles. The zero-order valence-corrected chi connectivity index (χ0v) is 15.4. The van der Waals surface area contributed by atoms with Gasteiger partial charge in [-0.05, 0) is 30.5 Å². The first-order valence-electron chi connectivity index (χ1n) is 9.13. The van der Waals surface area contributed by atoms with E-state index in [1.165, 1.54) is 5.56 Å². The van der Waals surface area contributed by atoms with Crippen LogP contribution >= 0.6 is 0 Å². The monoisotopic (exact) mass is 357 g/mol. The zero-order chi connectivity index (χ0) is 19.1. The fraction of sp³-hybridized carbons (Fsp3) is 0.167. The summed E-state index contributed by atoms with van der Waals surface area (Å²) in [7, 11) is 0. The number of anilines is 1. The third kappa shape index (κ3) is 5.38. The predicted molar refractivity (Wildman–Crippen MR) is 109 cm³/mol. The molecule has 0 unspecified atom stereocenters. The van der Waals surface area contributed by atoms with Crippen molar-refractivity contribution in [3.05, 3.63) is 101 Å². The smallest absolute Gasteiger partial charge is 0.224 e. The molecule has 0 bridgehead atoms. The van der Waals surface area contributed by atoms with Crippen LogP contribution in [0.2, 0.25) is 0 Å². The summed E-state index contributed by atoms with van der Waals surface area (Å²) in [6, 6.07) is 25.4. The largest absolute Gasteiger partial charge is 0.326 e. The topological polar surface area (TPSA) is 46.2 Å². The molecule has 0 radical (unpaired) electrons. The molecule has 0 aliphatic heterocycles. The van der Waals surface area contributed by atoms with Crippen LogP contribution in [0.3, 0.4) is 0 Å². The van der Waals surface area contributed by atoms with E-state index in [9.17, 15) is 9.59 Å². The highest BCUT2D eigenvalue weighted by Crippen LogP contribution is 2.19. The van der Waals surface area contributed by atoms with Gasteiger partial charge in [-0.3, -0.25) is 9.59 Å². The Labute approximate surface area is 160 Å². The molecule has 0 spiro atoms. The van der Waals surface area contributed by atoms with Gasteiger partial charge in [-0.1, -0.05) is 78.4 Å². The highest BCUT2D eigenvalue weighted by Gasteiger charge is 2.11. The summed E-state index contributed by atoms with van der Waals surface area (Å²) in [5.74, 6) is -0.154. The van der Waals surface area contributed by atoms with Gasteiger partial charge < -0.3 is 5.32 Å². The number of Topliss-reactive ketones (excluding diaryl/α,β-unsaturated/α-hetero) is 1. The Morgan fingerprint density at radius 1 is 0.778 bits per heavy atom. The summed E-state index contributed by atoms with van der Waals surface area (Å²) in [6.07, 6.45) is 1.13. The minimum absolute atomic E-state index is 0.0114. The number of aryl methyl sites for hydroxylation is 1. The van der Waals surface area contributed by atoms with Crippen LogP contribution in [0, 0.1) is 6.92 Å². The molecule has 3 aromatic carbocycles. The van der Waals surface area contributed by atoms with E-state index >= 15 is 0 Å². The molecule has 0 heterocycles. The number of ketones is 1. The Morgan fingerprint density at radius 2 is 1.44 bits per heavy atom. The van der Waals surface area contributed by atoms with Crippen molar-refractivity contribution in [2.24, 2.45) is 0 Å². The second-order valence-electron chi connectivity index (χ2n) is 6.66. The van der Waals surface area contributed by atoms with Gasteiger partial charge in [0, 0.05) is 24.1 Å². The van der Waals surface area contributed by atoms with Gasteiger partial charge in [0.15, 0.2) is 5.78 Å². The summed E-state index contributed by atoms with van der Waals surface area (Å²) < 4.78 is 0. The number of para-hydroxylation sites is 1. The van der Waals surface area contributed by atoms with Gasteiger partial charge in [-0.2, -0.15) is 0 Å². The van der Waals surface area contributed by atoms with Crippen LogP contribution in [-0.4, -0.2) is 11.7 Å². The number of benzene rings is 3. The molecule has 3 heteroatoms. The minimum Gasteiger partial charge on any atom is -0.326 e. The average Bonchev–Trinajstić information content (AvgIpc) is 2.69. The lowest BCUT2D eigenvalue weighted by atomic mass is 10.0. The minimum atomic E-state index is -0.143. The summed E-state index contributed by atoms with van der Waals surface area (Å²) in [4.78, 5) is 24.6. The van der Waals surface area contributed by atoms with Crippen molar-refractivity contribution in [3.63, 3.8) is 0 Å². The van der Waals surface area contributed by atoms with Gasteiger partial charge in [0.05, 0.1) is 0 Å². The van der Waals surface area contributed by atoms with Gasteiger partial charge in [-0.15, -0.1) is 0 Å². The van der Waals surface area contributed by atoms with Crippen molar-refractivity contribution >= 4 is 17.4 Å². The summed E-state index contributed by atoms with van der Waals surface area (Å²) in [5.41, 5.74) is 4.81. The lowest BCUT2D eigenvalue weighted by molar-refractivity contribution is -0.116. The molecule has 136 valence electrons. The number of carbonyl (C=O) groups excluding carboxylic acids is 2.